The van der Waals surface area contributed by atoms with Crippen LogP contribution in [-0.4, -0.2) is 25.2 Å². The summed E-state index contributed by atoms with van der Waals surface area (Å²) >= 11 is 9.66. The number of hydrogen-bond donors (Lipinski definition) is 0. The number of pyridine rings is 1. The first-order chi connectivity index (χ1) is 14.5. The van der Waals surface area contributed by atoms with Gasteiger partial charge in [0.1, 0.15) is 0 Å². The zero-order valence-electron chi connectivity index (χ0n) is 18.0. The minimum absolute atomic E-state index is 0.300. The van der Waals surface area contributed by atoms with Gasteiger partial charge < -0.3 is 9.47 Å². The number of hydrogen-bond acceptors (Lipinski definition) is 4. The van der Waals surface area contributed by atoms with Gasteiger partial charge in [0.05, 0.1) is 25.7 Å². The number of esters is 1. The molecule has 4 nitrogen and oxygen atoms in total. The Kier molecular flexibility index (Phi) is 9.12. The van der Waals surface area contributed by atoms with Crippen molar-refractivity contribution in [1.29, 1.82) is 0 Å². The molecule has 0 aliphatic rings. The lowest BCUT2D eigenvalue weighted by Gasteiger charge is -2.22. The highest BCUT2D eigenvalue weighted by atomic mass is 79.9. The number of aromatic nitrogens is 1. The number of nitrogens with zero attached hydrogens (tertiary/aromatic N) is 1. The molecular weight excluding hydrogens is 466 g/mol. The maximum Gasteiger partial charge on any atom is 0.313 e. The standard InChI is InChI=1S/C22H21BrClNO3.C2H6/c1-4-5-16(22(26)28-3)20-19(13-6-9-15(24)10-7-13)17-12-14(23)8-11-18(17)25-21(20)27-2;1-2/h6-12,16H,4-5H2,1-3H3;1-2H3. The van der Waals surface area contributed by atoms with Gasteiger partial charge in [0, 0.05) is 26.0 Å². The van der Waals surface area contributed by atoms with Crippen molar-refractivity contribution in [1.82, 2.24) is 4.98 Å². The molecule has 1 unspecified atom stereocenters. The predicted octanol–water partition coefficient (Wildman–Crippen LogP) is 7.41. The first-order valence-corrected chi connectivity index (χ1v) is 11.2. The van der Waals surface area contributed by atoms with Crippen molar-refractivity contribution in [3.8, 4) is 17.0 Å². The molecule has 0 radical (unpaired) electrons. The fraction of sp³-hybridized carbons (Fsp3) is 0.333. The molecule has 2 aromatic carbocycles. The average molecular weight is 493 g/mol. The minimum atomic E-state index is -0.480. The summed E-state index contributed by atoms with van der Waals surface area (Å²) in [6.45, 7) is 6.04. The van der Waals surface area contributed by atoms with E-state index in [1.54, 1.807) is 7.11 Å². The number of rotatable bonds is 6. The van der Waals surface area contributed by atoms with Gasteiger partial charge in [0.15, 0.2) is 0 Å². The van der Waals surface area contributed by atoms with E-state index in [9.17, 15) is 4.79 Å². The Morgan fingerprint density at radius 2 is 1.80 bits per heavy atom. The summed E-state index contributed by atoms with van der Waals surface area (Å²) in [7, 11) is 2.98. The third kappa shape index (κ3) is 5.13. The molecule has 0 spiro atoms. The van der Waals surface area contributed by atoms with Gasteiger partial charge >= 0.3 is 5.97 Å². The Balaban J connectivity index is 0.00000155. The van der Waals surface area contributed by atoms with Gasteiger partial charge in [0.2, 0.25) is 5.88 Å². The van der Waals surface area contributed by atoms with Crippen LogP contribution in [0.15, 0.2) is 46.9 Å². The van der Waals surface area contributed by atoms with Crippen LogP contribution in [-0.2, 0) is 9.53 Å². The second kappa shape index (κ2) is 11.3. The Hall–Kier alpha value is -2.11. The summed E-state index contributed by atoms with van der Waals surface area (Å²) in [6, 6.07) is 13.4. The summed E-state index contributed by atoms with van der Waals surface area (Å²) in [5, 5.41) is 1.58. The van der Waals surface area contributed by atoms with E-state index >= 15 is 0 Å². The van der Waals surface area contributed by atoms with Crippen molar-refractivity contribution in [2.24, 2.45) is 0 Å². The van der Waals surface area contributed by atoms with E-state index in [1.165, 1.54) is 7.11 Å². The molecule has 160 valence electrons. The van der Waals surface area contributed by atoms with Crippen molar-refractivity contribution in [2.45, 2.75) is 39.5 Å². The molecular formula is C24H27BrClNO3. The van der Waals surface area contributed by atoms with Gasteiger partial charge in [-0.15, -0.1) is 0 Å². The molecule has 0 bridgehead atoms. The number of carbonyl (C=O) groups is 1. The average Bonchev–Trinajstić information content (AvgIpc) is 2.78. The Bertz CT molecular complexity index is 1010. The van der Waals surface area contributed by atoms with E-state index in [0.29, 0.717) is 17.3 Å². The molecule has 0 N–H and O–H groups in total. The second-order valence-electron chi connectivity index (χ2n) is 6.44. The van der Waals surface area contributed by atoms with E-state index in [-0.39, 0.29) is 5.97 Å². The van der Waals surface area contributed by atoms with Gasteiger partial charge in [-0.3, -0.25) is 4.79 Å². The van der Waals surface area contributed by atoms with Crippen LogP contribution < -0.4 is 4.74 Å². The predicted molar refractivity (Wildman–Crippen MR) is 127 cm³/mol. The smallest absolute Gasteiger partial charge is 0.313 e. The summed E-state index contributed by atoms with van der Waals surface area (Å²) in [5.74, 6) is -0.346. The third-order valence-corrected chi connectivity index (χ3v) is 5.43. The summed E-state index contributed by atoms with van der Waals surface area (Å²) in [4.78, 5) is 17.4. The molecule has 0 aliphatic carbocycles. The lowest BCUT2D eigenvalue weighted by molar-refractivity contribution is -0.142. The fourth-order valence-electron chi connectivity index (χ4n) is 3.45. The molecule has 1 aromatic heterocycles. The lowest BCUT2D eigenvalue weighted by Crippen LogP contribution is -2.17. The van der Waals surface area contributed by atoms with E-state index in [1.807, 2.05) is 63.2 Å². The van der Waals surface area contributed by atoms with E-state index in [2.05, 4.69) is 20.9 Å². The third-order valence-electron chi connectivity index (χ3n) is 4.69. The zero-order chi connectivity index (χ0) is 22.3. The molecule has 0 amide bonds. The molecule has 30 heavy (non-hydrogen) atoms. The summed E-state index contributed by atoms with van der Waals surface area (Å²) in [5.41, 5.74) is 3.37. The first-order valence-electron chi connectivity index (χ1n) is 10.0. The van der Waals surface area contributed by atoms with Crippen LogP contribution in [0.1, 0.15) is 45.1 Å². The zero-order valence-corrected chi connectivity index (χ0v) is 20.3. The number of halogens is 2. The molecule has 0 saturated heterocycles. The largest absolute Gasteiger partial charge is 0.481 e. The molecule has 3 rings (SSSR count). The highest BCUT2D eigenvalue weighted by Gasteiger charge is 2.30. The number of carbonyl (C=O) groups excluding carboxylic acids is 1. The van der Waals surface area contributed by atoms with Crippen molar-refractivity contribution in [3.05, 3.63) is 57.5 Å². The Morgan fingerprint density at radius 1 is 1.13 bits per heavy atom. The molecule has 1 heterocycles. The maximum atomic E-state index is 12.7. The van der Waals surface area contributed by atoms with Gasteiger partial charge in [-0.25, -0.2) is 4.98 Å². The number of fused-ring (bicyclic) bond motifs is 1. The first kappa shape index (κ1) is 24.2. The van der Waals surface area contributed by atoms with E-state index < -0.39 is 5.92 Å². The Labute approximate surface area is 191 Å². The van der Waals surface area contributed by atoms with Gasteiger partial charge in [-0.2, -0.15) is 0 Å². The summed E-state index contributed by atoms with van der Waals surface area (Å²) in [6.07, 6.45) is 1.45. The van der Waals surface area contributed by atoms with Crippen molar-refractivity contribution >= 4 is 44.4 Å². The number of benzene rings is 2. The van der Waals surface area contributed by atoms with Crippen molar-refractivity contribution < 1.29 is 14.3 Å². The van der Waals surface area contributed by atoms with Crippen molar-refractivity contribution in [2.75, 3.05) is 14.2 Å². The molecule has 0 aliphatic heterocycles. The SMILES string of the molecule is CC.CCCC(C(=O)OC)c1c(OC)nc2ccc(Br)cc2c1-c1ccc(Cl)cc1. The molecule has 0 fully saturated rings. The van der Waals surface area contributed by atoms with E-state index in [0.717, 1.165) is 38.5 Å². The van der Waals surface area contributed by atoms with Gasteiger partial charge in [0.25, 0.3) is 0 Å². The van der Waals surface area contributed by atoms with Crippen LogP contribution in [0.3, 0.4) is 0 Å². The van der Waals surface area contributed by atoms with Crippen LogP contribution in [0.5, 0.6) is 5.88 Å². The molecule has 6 heteroatoms. The van der Waals surface area contributed by atoms with Crippen LogP contribution in [0.4, 0.5) is 0 Å². The van der Waals surface area contributed by atoms with Crippen LogP contribution >= 0.6 is 27.5 Å². The van der Waals surface area contributed by atoms with Gasteiger partial charge in [-0.05, 0) is 42.3 Å². The molecule has 3 aromatic rings. The monoisotopic (exact) mass is 491 g/mol. The second-order valence-corrected chi connectivity index (χ2v) is 7.79. The highest BCUT2D eigenvalue weighted by molar-refractivity contribution is 9.10. The number of methoxy groups -OCH3 is 2. The van der Waals surface area contributed by atoms with Crippen molar-refractivity contribution in [3.63, 3.8) is 0 Å². The fourth-order valence-corrected chi connectivity index (χ4v) is 3.93. The minimum Gasteiger partial charge on any atom is -0.481 e. The number of ether oxygens (including phenoxy) is 2. The quantitative estimate of drug-likeness (QED) is 0.336. The molecule has 1 atom stereocenters. The van der Waals surface area contributed by atoms with Crippen LogP contribution in [0, 0.1) is 0 Å². The Morgan fingerprint density at radius 3 is 2.37 bits per heavy atom. The molecule has 0 saturated carbocycles. The highest BCUT2D eigenvalue weighted by Crippen LogP contribution is 2.43. The van der Waals surface area contributed by atoms with Crippen LogP contribution in [0.2, 0.25) is 5.02 Å². The topological polar surface area (TPSA) is 48.4 Å². The van der Waals surface area contributed by atoms with Crippen LogP contribution in [0.25, 0.3) is 22.0 Å². The summed E-state index contributed by atoms with van der Waals surface area (Å²) < 4.78 is 11.7. The van der Waals surface area contributed by atoms with Gasteiger partial charge in [-0.1, -0.05) is 66.9 Å². The normalized spacial score (nSPS) is 11.4. The maximum absolute atomic E-state index is 12.7. The van der Waals surface area contributed by atoms with E-state index in [4.69, 9.17) is 21.1 Å². The lowest BCUT2D eigenvalue weighted by atomic mass is 9.86.